The van der Waals surface area contributed by atoms with E-state index in [0.29, 0.717) is 36.1 Å². The Morgan fingerprint density at radius 2 is 1.67 bits per heavy atom. The Hall–Kier alpha value is -1.92. The first-order valence-electron chi connectivity index (χ1n) is 9.41. The molecule has 2 N–H and O–H groups in total. The van der Waals surface area contributed by atoms with Crippen molar-refractivity contribution in [3.8, 4) is 0 Å². The van der Waals surface area contributed by atoms with Gasteiger partial charge in [-0.2, -0.15) is 0 Å². The summed E-state index contributed by atoms with van der Waals surface area (Å²) in [5.41, 5.74) is 6.96. The average molecular weight is 392 g/mol. The van der Waals surface area contributed by atoms with E-state index in [2.05, 4.69) is 0 Å². The summed E-state index contributed by atoms with van der Waals surface area (Å²) in [5, 5.41) is 0. The minimum atomic E-state index is -0.766. The van der Waals surface area contributed by atoms with Gasteiger partial charge in [0.15, 0.2) is 0 Å². The van der Waals surface area contributed by atoms with Gasteiger partial charge in [-0.15, -0.1) is 12.4 Å². The molecule has 4 unspecified atom stereocenters. The maximum atomic E-state index is 13.3. The van der Waals surface area contributed by atoms with Gasteiger partial charge in [0.2, 0.25) is 5.91 Å². The van der Waals surface area contributed by atoms with Crippen LogP contribution in [0.15, 0.2) is 24.3 Å². The lowest BCUT2D eigenvalue weighted by Gasteiger charge is -2.32. The van der Waals surface area contributed by atoms with Gasteiger partial charge in [0.05, 0.1) is 11.1 Å². The molecule has 7 heteroatoms. The highest BCUT2D eigenvalue weighted by molar-refractivity contribution is 6.22. The van der Waals surface area contributed by atoms with Crippen molar-refractivity contribution in [1.82, 2.24) is 9.80 Å². The maximum Gasteiger partial charge on any atom is 0.262 e. The fraction of sp³-hybridized carbons (Fsp3) is 0.550. The van der Waals surface area contributed by atoms with Gasteiger partial charge in [0, 0.05) is 19.1 Å². The first-order valence-corrected chi connectivity index (χ1v) is 9.41. The van der Waals surface area contributed by atoms with Crippen molar-refractivity contribution >= 4 is 30.1 Å². The van der Waals surface area contributed by atoms with Crippen LogP contribution < -0.4 is 5.73 Å². The normalized spacial score (nSPS) is 27.6. The molecule has 4 atom stereocenters. The van der Waals surface area contributed by atoms with E-state index in [0.717, 1.165) is 12.8 Å². The van der Waals surface area contributed by atoms with Crippen LogP contribution in [0.1, 0.15) is 47.4 Å². The van der Waals surface area contributed by atoms with E-state index in [1.165, 1.54) is 4.90 Å². The fourth-order valence-electron chi connectivity index (χ4n) is 4.83. The van der Waals surface area contributed by atoms with Crippen LogP contribution in [0.4, 0.5) is 0 Å². The Labute approximate surface area is 165 Å². The van der Waals surface area contributed by atoms with Gasteiger partial charge in [-0.05, 0) is 42.7 Å². The predicted molar refractivity (Wildman–Crippen MR) is 104 cm³/mol. The minimum absolute atomic E-state index is 0. The molecule has 6 nitrogen and oxygen atoms in total. The summed E-state index contributed by atoms with van der Waals surface area (Å²) in [6.07, 6.45) is 2.07. The van der Waals surface area contributed by atoms with Crippen molar-refractivity contribution in [1.29, 1.82) is 0 Å². The van der Waals surface area contributed by atoms with Gasteiger partial charge in [0.25, 0.3) is 11.8 Å². The number of imide groups is 1. The molecule has 146 valence electrons. The molecule has 0 aromatic heterocycles. The molecule has 4 rings (SSSR count). The van der Waals surface area contributed by atoms with Gasteiger partial charge in [-0.25, -0.2) is 0 Å². The zero-order chi connectivity index (χ0) is 18.6. The molecule has 3 aliphatic rings. The Morgan fingerprint density at radius 3 is 2.19 bits per heavy atom. The lowest BCUT2D eigenvalue weighted by molar-refractivity contribution is -0.136. The number of benzene rings is 1. The smallest absolute Gasteiger partial charge is 0.262 e. The van der Waals surface area contributed by atoms with Crippen molar-refractivity contribution in [2.75, 3.05) is 13.1 Å². The van der Waals surface area contributed by atoms with E-state index in [1.54, 1.807) is 24.3 Å². The fourth-order valence-corrected chi connectivity index (χ4v) is 4.83. The second-order valence-electron chi connectivity index (χ2n) is 8.12. The van der Waals surface area contributed by atoms with E-state index < -0.39 is 6.04 Å². The number of likely N-dealkylation sites (tertiary alicyclic amines) is 1. The van der Waals surface area contributed by atoms with Crippen LogP contribution in [-0.2, 0) is 4.79 Å². The Kier molecular flexibility index (Phi) is 5.32. The van der Waals surface area contributed by atoms with Gasteiger partial charge >= 0.3 is 0 Å². The third-order valence-corrected chi connectivity index (χ3v) is 6.21. The molecule has 27 heavy (non-hydrogen) atoms. The van der Waals surface area contributed by atoms with E-state index in [9.17, 15) is 14.4 Å². The standard InChI is InChI=1S/C20H25N3O3.ClH/c1-11(2)17(20(26)22-9-12-7-8-16(21)15(12)10-22)23-18(24)13-5-3-4-6-14(13)19(23)25;/h3-6,11-12,15-17H,7-10,21H2,1-2H3;1H. The summed E-state index contributed by atoms with van der Waals surface area (Å²) in [6, 6.07) is 6.16. The van der Waals surface area contributed by atoms with Crippen LogP contribution in [0, 0.1) is 17.8 Å². The summed E-state index contributed by atoms with van der Waals surface area (Å²) in [4.78, 5) is 42.0. The number of nitrogens with zero attached hydrogens (tertiary/aromatic N) is 2. The summed E-state index contributed by atoms with van der Waals surface area (Å²) >= 11 is 0. The predicted octanol–water partition coefficient (Wildman–Crippen LogP) is 1.92. The van der Waals surface area contributed by atoms with Crippen LogP contribution in [0.25, 0.3) is 0 Å². The first-order chi connectivity index (χ1) is 12.4. The second-order valence-corrected chi connectivity index (χ2v) is 8.12. The third-order valence-electron chi connectivity index (χ3n) is 6.21. The first kappa shape index (κ1) is 19.8. The molecular weight excluding hydrogens is 366 g/mol. The van der Waals surface area contributed by atoms with E-state index in [1.807, 2.05) is 18.7 Å². The molecule has 0 bridgehead atoms. The lowest BCUT2D eigenvalue weighted by Crippen LogP contribution is -2.53. The van der Waals surface area contributed by atoms with Crippen molar-refractivity contribution in [2.45, 2.75) is 38.8 Å². The molecule has 2 heterocycles. The molecule has 0 spiro atoms. The molecule has 2 fully saturated rings. The van der Waals surface area contributed by atoms with Gasteiger partial charge in [-0.3, -0.25) is 19.3 Å². The molecule has 1 saturated heterocycles. The largest absolute Gasteiger partial charge is 0.340 e. The van der Waals surface area contributed by atoms with Gasteiger partial charge in [0.1, 0.15) is 6.04 Å². The average Bonchev–Trinajstić information content (AvgIpc) is 3.26. The SMILES string of the molecule is CC(C)C(C(=O)N1CC2CCC(N)C2C1)N1C(=O)c2ccccc2C1=O.Cl. The number of fused-ring (bicyclic) bond motifs is 2. The van der Waals surface area contributed by atoms with Crippen molar-refractivity contribution in [3.05, 3.63) is 35.4 Å². The van der Waals surface area contributed by atoms with Gasteiger partial charge < -0.3 is 10.6 Å². The monoisotopic (exact) mass is 391 g/mol. The van der Waals surface area contributed by atoms with E-state index in [-0.39, 0.29) is 42.1 Å². The van der Waals surface area contributed by atoms with Crippen LogP contribution in [0.2, 0.25) is 0 Å². The van der Waals surface area contributed by atoms with Crippen LogP contribution in [0.5, 0.6) is 0 Å². The van der Waals surface area contributed by atoms with Crippen LogP contribution >= 0.6 is 12.4 Å². The van der Waals surface area contributed by atoms with Crippen molar-refractivity contribution in [3.63, 3.8) is 0 Å². The highest BCUT2D eigenvalue weighted by Crippen LogP contribution is 2.38. The Morgan fingerprint density at radius 1 is 1.07 bits per heavy atom. The number of carbonyl (C=O) groups is 3. The molecule has 1 aliphatic carbocycles. The molecular formula is C20H26ClN3O3. The van der Waals surface area contributed by atoms with Crippen LogP contribution in [0.3, 0.4) is 0 Å². The zero-order valence-electron chi connectivity index (χ0n) is 15.6. The molecule has 1 aromatic carbocycles. The maximum absolute atomic E-state index is 13.3. The number of carbonyl (C=O) groups excluding carboxylic acids is 3. The van der Waals surface area contributed by atoms with Crippen molar-refractivity contribution in [2.24, 2.45) is 23.5 Å². The Bertz CT molecular complexity index is 746. The molecule has 2 aliphatic heterocycles. The lowest BCUT2D eigenvalue weighted by atomic mass is 9.98. The van der Waals surface area contributed by atoms with E-state index >= 15 is 0 Å². The number of hydrogen-bond donors (Lipinski definition) is 1. The molecule has 1 aromatic rings. The number of nitrogens with two attached hydrogens (primary N) is 1. The molecule has 1 saturated carbocycles. The molecule has 3 amide bonds. The number of rotatable bonds is 3. The topological polar surface area (TPSA) is 83.7 Å². The van der Waals surface area contributed by atoms with Gasteiger partial charge in [-0.1, -0.05) is 26.0 Å². The van der Waals surface area contributed by atoms with E-state index in [4.69, 9.17) is 5.73 Å². The number of halogens is 1. The third kappa shape index (κ3) is 3.05. The highest BCUT2D eigenvalue weighted by atomic mass is 35.5. The number of amides is 3. The minimum Gasteiger partial charge on any atom is -0.340 e. The zero-order valence-corrected chi connectivity index (χ0v) is 16.4. The summed E-state index contributed by atoms with van der Waals surface area (Å²) in [5.74, 6) is -0.227. The van der Waals surface area contributed by atoms with Crippen molar-refractivity contribution < 1.29 is 14.4 Å². The second kappa shape index (κ2) is 7.24. The summed E-state index contributed by atoms with van der Waals surface area (Å²) in [7, 11) is 0. The summed E-state index contributed by atoms with van der Waals surface area (Å²) in [6.45, 7) is 5.09. The van der Waals surface area contributed by atoms with Crippen LogP contribution in [-0.4, -0.2) is 52.7 Å². The Balaban J connectivity index is 0.00000210. The summed E-state index contributed by atoms with van der Waals surface area (Å²) < 4.78 is 0. The quantitative estimate of drug-likeness (QED) is 0.798. The highest BCUT2D eigenvalue weighted by Gasteiger charge is 2.48. The molecule has 0 radical (unpaired) electrons. The number of hydrogen-bond acceptors (Lipinski definition) is 4.